The minimum absolute atomic E-state index is 0.0132. The highest BCUT2D eigenvalue weighted by Crippen LogP contribution is 2.38. The number of amides is 3. The molecule has 2 atom stereocenters. The molecular weight excluding hydrogens is 654 g/mol. The van der Waals surface area contributed by atoms with E-state index in [0.29, 0.717) is 11.4 Å². The fourth-order valence-corrected chi connectivity index (χ4v) is 4.39. The average molecular weight is 686 g/mol. The lowest BCUT2D eigenvalue weighted by Gasteiger charge is -2.23. The molecule has 0 fully saturated rings. The summed E-state index contributed by atoms with van der Waals surface area (Å²) in [6.45, 7) is 0. The number of carbonyl (C=O) groups is 6. The van der Waals surface area contributed by atoms with Gasteiger partial charge in [0, 0.05) is 16.8 Å². The molecule has 0 aliphatic rings. The molecule has 0 bridgehead atoms. The van der Waals surface area contributed by atoms with Gasteiger partial charge in [0.05, 0.1) is 32.5 Å². The summed E-state index contributed by atoms with van der Waals surface area (Å²) in [5, 5.41) is 12.6. The lowest BCUT2D eigenvalue weighted by Crippen LogP contribution is -2.54. The van der Waals surface area contributed by atoms with Gasteiger partial charge in [0.25, 0.3) is 17.7 Å². The van der Waals surface area contributed by atoms with Gasteiger partial charge in [-0.3, -0.25) is 25.2 Å². The van der Waals surface area contributed by atoms with Gasteiger partial charge < -0.3 is 34.1 Å². The van der Waals surface area contributed by atoms with Gasteiger partial charge in [-0.15, -0.1) is 0 Å². The van der Waals surface area contributed by atoms with Crippen LogP contribution >= 0.6 is 0 Å². The Bertz CT molecular complexity index is 1840. The summed E-state index contributed by atoms with van der Waals surface area (Å²) in [6, 6.07) is 23.2. The van der Waals surface area contributed by atoms with Crippen LogP contribution in [0.2, 0.25) is 0 Å². The number of methoxy groups -OCH3 is 3. The van der Waals surface area contributed by atoms with Crippen molar-refractivity contribution >= 4 is 41.3 Å². The van der Waals surface area contributed by atoms with Gasteiger partial charge in [-0.05, 0) is 60.7 Å². The minimum atomic E-state index is -2.30. The Labute approximate surface area is 285 Å². The number of hydrogen-bond acceptors (Lipinski definition) is 11. The van der Waals surface area contributed by atoms with E-state index in [1.54, 1.807) is 12.1 Å². The van der Waals surface area contributed by atoms with Crippen molar-refractivity contribution in [1.82, 2.24) is 10.9 Å². The average Bonchev–Trinajstić information content (AvgIpc) is 3.14. The lowest BCUT2D eigenvalue weighted by atomic mass is 10.1. The molecule has 0 aliphatic heterocycles. The smallest absolute Gasteiger partial charge is 0.349 e. The molecule has 4 rings (SSSR count). The lowest BCUT2D eigenvalue weighted by molar-refractivity contribution is -0.159. The first-order valence-corrected chi connectivity index (χ1v) is 14.6. The van der Waals surface area contributed by atoms with E-state index in [9.17, 15) is 33.9 Å². The van der Waals surface area contributed by atoms with Crippen LogP contribution in [0.25, 0.3) is 0 Å². The number of anilines is 1. The van der Waals surface area contributed by atoms with Crippen LogP contribution in [0.3, 0.4) is 0 Å². The maximum atomic E-state index is 13.2. The predicted molar refractivity (Wildman–Crippen MR) is 175 cm³/mol. The van der Waals surface area contributed by atoms with Crippen molar-refractivity contribution in [3.63, 3.8) is 0 Å². The van der Waals surface area contributed by atoms with E-state index in [0.717, 1.165) is 0 Å². The van der Waals surface area contributed by atoms with Crippen molar-refractivity contribution < 1.29 is 57.6 Å². The number of esters is 2. The number of aliphatic carboxylic acids is 1. The highest BCUT2D eigenvalue weighted by Gasteiger charge is 2.41. The highest BCUT2D eigenvalue weighted by atomic mass is 16.6. The molecule has 0 unspecified atom stereocenters. The summed E-state index contributed by atoms with van der Waals surface area (Å²) in [6.07, 6.45) is -4.54. The van der Waals surface area contributed by atoms with Gasteiger partial charge in [-0.2, -0.15) is 0 Å². The van der Waals surface area contributed by atoms with E-state index in [-0.39, 0.29) is 33.8 Å². The van der Waals surface area contributed by atoms with E-state index in [2.05, 4.69) is 10.7 Å². The first-order valence-electron chi connectivity index (χ1n) is 14.6. The molecule has 0 aliphatic carbocycles. The maximum absolute atomic E-state index is 13.2. The Balaban J connectivity index is 1.46. The molecule has 258 valence electrons. The number of rotatable bonds is 13. The number of carbonyl (C=O) groups excluding carboxylic acids is 5. The third-order valence-corrected chi connectivity index (χ3v) is 6.89. The Kier molecular flexibility index (Phi) is 12.1. The first-order chi connectivity index (χ1) is 24.1. The summed E-state index contributed by atoms with van der Waals surface area (Å²) >= 11 is 0. The van der Waals surface area contributed by atoms with Gasteiger partial charge in [0.15, 0.2) is 11.5 Å². The largest absolute Gasteiger partial charge is 0.493 e. The van der Waals surface area contributed by atoms with Crippen LogP contribution in [0.4, 0.5) is 5.69 Å². The van der Waals surface area contributed by atoms with Crippen molar-refractivity contribution in [2.24, 2.45) is 0 Å². The van der Waals surface area contributed by atoms with Crippen LogP contribution in [-0.4, -0.2) is 74.3 Å². The second-order valence-electron chi connectivity index (χ2n) is 10.1. The van der Waals surface area contributed by atoms with Crippen molar-refractivity contribution in [1.29, 1.82) is 0 Å². The summed E-state index contributed by atoms with van der Waals surface area (Å²) in [5.74, 6) is -5.85. The van der Waals surface area contributed by atoms with Gasteiger partial charge in [0.1, 0.15) is 0 Å². The zero-order chi connectivity index (χ0) is 36.2. The fraction of sp³-hybridized carbons (Fsp3) is 0.143. The van der Waals surface area contributed by atoms with Crippen LogP contribution in [0.5, 0.6) is 17.2 Å². The van der Waals surface area contributed by atoms with Gasteiger partial charge in [0.2, 0.25) is 18.0 Å². The monoisotopic (exact) mass is 685 g/mol. The minimum Gasteiger partial charge on any atom is -0.493 e. The summed E-state index contributed by atoms with van der Waals surface area (Å²) in [7, 11) is 4.25. The second-order valence-corrected chi connectivity index (χ2v) is 10.1. The quantitative estimate of drug-likeness (QED) is 0.118. The van der Waals surface area contributed by atoms with Crippen LogP contribution in [0, 0.1) is 0 Å². The molecule has 0 aromatic heterocycles. The Hall–Kier alpha value is -6.90. The van der Waals surface area contributed by atoms with Crippen molar-refractivity contribution in [3.8, 4) is 17.2 Å². The number of benzene rings is 4. The molecule has 4 aromatic carbocycles. The molecule has 4 N–H and O–H groups in total. The molecule has 15 nitrogen and oxygen atoms in total. The normalized spacial score (nSPS) is 11.5. The Morgan fingerprint density at radius 3 is 1.52 bits per heavy atom. The Morgan fingerprint density at radius 1 is 0.560 bits per heavy atom. The number of carboxylic acid groups (broad SMARTS) is 1. The summed E-state index contributed by atoms with van der Waals surface area (Å²) < 4.78 is 26.1. The zero-order valence-electron chi connectivity index (χ0n) is 26.8. The van der Waals surface area contributed by atoms with Crippen LogP contribution in [-0.2, 0) is 19.1 Å². The summed E-state index contributed by atoms with van der Waals surface area (Å²) in [4.78, 5) is 76.7. The molecule has 0 spiro atoms. The van der Waals surface area contributed by atoms with E-state index >= 15 is 0 Å². The van der Waals surface area contributed by atoms with E-state index in [1.807, 2.05) is 5.43 Å². The van der Waals surface area contributed by atoms with Gasteiger partial charge in [-0.25, -0.2) is 14.4 Å². The third kappa shape index (κ3) is 8.92. The molecule has 0 radical (unpaired) electrons. The van der Waals surface area contributed by atoms with E-state index < -0.39 is 47.8 Å². The van der Waals surface area contributed by atoms with Crippen LogP contribution < -0.4 is 30.4 Å². The molecule has 4 aromatic rings. The van der Waals surface area contributed by atoms with Crippen molar-refractivity contribution in [2.45, 2.75) is 12.2 Å². The van der Waals surface area contributed by atoms with E-state index in [1.165, 1.54) is 106 Å². The standard InChI is InChI=1S/C35H31N3O12/c1-46-25-18-23(19-26(47-2)27(25)48-3)30(39)36-24-16-14-20(15-17-24)31(40)37-38-32(41)28(49-34(44)21-10-6-4-7-11-21)29(33(42)43)50-35(45)22-12-8-5-9-13-22/h4-19,28-29H,1-3H3,(H,36,39)(H,37,40)(H,38,41)(H,42,43)/t28-,29-/m1/s1. The third-order valence-electron chi connectivity index (χ3n) is 6.89. The number of hydrazine groups is 1. The maximum Gasteiger partial charge on any atom is 0.349 e. The van der Waals surface area contributed by atoms with Gasteiger partial charge in [-0.1, -0.05) is 36.4 Å². The molecule has 0 saturated heterocycles. The molecular formula is C35H31N3O12. The van der Waals surface area contributed by atoms with E-state index in [4.69, 9.17) is 23.7 Å². The molecule has 0 saturated carbocycles. The Morgan fingerprint density at radius 2 is 1.06 bits per heavy atom. The molecule has 15 heteroatoms. The van der Waals surface area contributed by atoms with Crippen molar-refractivity contribution in [3.05, 3.63) is 119 Å². The van der Waals surface area contributed by atoms with Crippen molar-refractivity contribution in [2.75, 3.05) is 26.6 Å². The topological polar surface area (TPSA) is 205 Å². The van der Waals surface area contributed by atoms with Gasteiger partial charge >= 0.3 is 17.9 Å². The molecule has 0 heterocycles. The fourth-order valence-electron chi connectivity index (χ4n) is 4.39. The SMILES string of the molecule is COc1cc(C(=O)Nc2ccc(C(=O)NNC(=O)[C@H](OC(=O)c3ccccc3)[C@@H](OC(=O)c3ccccc3)C(=O)O)cc2)cc(OC)c1OC. The second kappa shape index (κ2) is 16.8. The first kappa shape index (κ1) is 35.9. The van der Waals surface area contributed by atoms with Crippen LogP contribution in [0.1, 0.15) is 41.4 Å². The number of carboxylic acids is 1. The molecule has 50 heavy (non-hydrogen) atoms. The zero-order valence-corrected chi connectivity index (χ0v) is 26.8. The number of hydrogen-bond donors (Lipinski definition) is 4. The number of ether oxygens (including phenoxy) is 5. The highest BCUT2D eigenvalue weighted by molar-refractivity contribution is 6.05. The molecule has 3 amide bonds. The number of nitrogens with one attached hydrogen (secondary N) is 3. The summed E-state index contributed by atoms with van der Waals surface area (Å²) in [5.41, 5.74) is 4.58. The van der Waals surface area contributed by atoms with Crippen LogP contribution in [0.15, 0.2) is 97.1 Å². The predicted octanol–water partition coefficient (Wildman–Crippen LogP) is 3.26.